The van der Waals surface area contributed by atoms with Gasteiger partial charge < -0.3 is 24.9 Å². The Labute approximate surface area is 132 Å². The molecule has 3 N–H and O–H groups in total. The third-order valence-corrected chi connectivity index (χ3v) is 3.82. The van der Waals surface area contributed by atoms with Gasteiger partial charge >= 0.3 is 5.97 Å². The summed E-state index contributed by atoms with van der Waals surface area (Å²) in [6, 6.07) is 6.61. The highest BCUT2D eigenvalue weighted by atomic mass is 16.6. The number of carboxylic acids is 1. The molecule has 0 unspecified atom stereocenters. The minimum atomic E-state index is -1.08. The number of hydrogen-bond acceptors (Lipinski definition) is 4. The summed E-state index contributed by atoms with van der Waals surface area (Å²) in [4.78, 5) is 26.7. The van der Waals surface area contributed by atoms with Crippen LogP contribution in [0.15, 0.2) is 30.5 Å². The number of carbonyl (C=O) groups is 2. The molecular formula is C16H18N2O5. The minimum absolute atomic E-state index is 0.144. The van der Waals surface area contributed by atoms with Gasteiger partial charge in [-0.1, -0.05) is 18.2 Å². The summed E-state index contributed by atoms with van der Waals surface area (Å²) in [5.41, 5.74) is 1.77. The molecule has 1 saturated heterocycles. The fourth-order valence-corrected chi connectivity index (χ4v) is 2.62. The highest BCUT2D eigenvalue weighted by molar-refractivity contribution is 5.88. The lowest BCUT2D eigenvalue weighted by molar-refractivity contribution is -0.152. The number of hydrogen-bond donors (Lipinski definition) is 3. The van der Waals surface area contributed by atoms with Crippen molar-refractivity contribution in [3.63, 3.8) is 0 Å². The first-order valence-electron chi connectivity index (χ1n) is 7.42. The number of rotatable bonds is 5. The average Bonchev–Trinajstić information content (AvgIpc) is 2.98. The van der Waals surface area contributed by atoms with Crippen molar-refractivity contribution in [3.05, 3.63) is 36.0 Å². The second-order valence-electron chi connectivity index (χ2n) is 5.40. The maximum Gasteiger partial charge on any atom is 0.326 e. The maximum atomic E-state index is 12.1. The Kier molecular flexibility index (Phi) is 4.59. The SMILES string of the molecule is O=C(N[C@H](Cc1c[nH]c2ccccc12)C(=O)O)[C@@H]1COCCO1. The Morgan fingerprint density at radius 1 is 1.35 bits per heavy atom. The largest absolute Gasteiger partial charge is 0.480 e. The van der Waals surface area contributed by atoms with E-state index in [9.17, 15) is 14.7 Å². The van der Waals surface area contributed by atoms with E-state index in [0.717, 1.165) is 16.5 Å². The van der Waals surface area contributed by atoms with Gasteiger partial charge in [0.05, 0.1) is 19.8 Å². The lowest BCUT2D eigenvalue weighted by Gasteiger charge is -2.24. The van der Waals surface area contributed by atoms with Crippen molar-refractivity contribution in [2.45, 2.75) is 18.6 Å². The molecule has 2 heterocycles. The van der Waals surface area contributed by atoms with Crippen molar-refractivity contribution in [2.75, 3.05) is 19.8 Å². The number of carboxylic acid groups (broad SMARTS) is 1. The average molecular weight is 318 g/mol. The minimum Gasteiger partial charge on any atom is -0.480 e. The van der Waals surface area contributed by atoms with E-state index in [0.29, 0.717) is 13.2 Å². The number of carbonyl (C=O) groups excluding carboxylic acids is 1. The Morgan fingerprint density at radius 3 is 2.91 bits per heavy atom. The van der Waals surface area contributed by atoms with E-state index < -0.39 is 24.0 Å². The van der Waals surface area contributed by atoms with Crippen LogP contribution < -0.4 is 5.32 Å². The van der Waals surface area contributed by atoms with Crippen molar-refractivity contribution in [1.29, 1.82) is 0 Å². The van der Waals surface area contributed by atoms with Gasteiger partial charge in [0.2, 0.25) is 0 Å². The summed E-state index contributed by atoms with van der Waals surface area (Å²) in [7, 11) is 0. The Balaban J connectivity index is 1.71. The summed E-state index contributed by atoms with van der Waals surface area (Å²) in [6.07, 6.45) is 1.21. The van der Waals surface area contributed by atoms with Crippen LogP contribution in [0.1, 0.15) is 5.56 Å². The Hall–Kier alpha value is -2.38. The van der Waals surface area contributed by atoms with E-state index in [-0.39, 0.29) is 13.0 Å². The molecule has 1 amide bonds. The zero-order chi connectivity index (χ0) is 16.2. The number of para-hydroxylation sites is 1. The topological polar surface area (TPSA) is 101 Å². The second-order valence-corrected chi connectivity index (χ2v) is 5.40. The molecule has 1 aliphatic heterocycles. The number of benzene rings is 1. The van der Waals surface area contributed by atoms with Gasteiger partial charge in [-0.25, -0.2) is 4.79 Å². The predicted molar refractivity (Wildman–Crippen MR) is 82.1 cm³/mol. The predicted octanol–water partition coefficient (Wildman–Crippen LogP) is 0.695. The van der Waals surface area contributed by atoms with Crippen LogP contribution in [0.2, 0.25) is 0 Å². The van der Waals surface area contributed by atoms with Gasteiger partial charge in [-0.2, -0.15) is 0 Å². The summed E-state index contributed by atoms with van der Waals surface area (Å²) in [5.74, 6) is -1.54. The number of H-pyrrole nitrogens is 1. The fraction of sp³-hybridized carbons (Fsp3) is 0.375. The molecule has 1 aromatic heterocycles. The number of aromatic nitrogens is 1. The summed E-state index contributed by atoms with van der Waals surface area (Å²) >= 11 is 0. The number of aliphatic carboxylic acids is 1. The first-order chi connectivity index (χ1) is 11.1. The first kappa shape index (κ1) is 15.5. The first-order valence-corrected chi connectivity index (χ1v) is 7.42. The zero-order valence-electron chi connectivity index (χ0n) is 12.5. The van der Waals surface area contributed by atoms with Crippen LogP contribution in [0.4, 0.5) is 0 Å². The Morgan fingerprint density at radius 2 is 2.17 bits per heavy atom. The van der Waals surface area contributed by atoms with E-state index in [2.05, 4.69) is 10.3 Å². The van der Waals surface area contributed by atoms with Crippen molar-refractivity contribution < 1.29 is 24.2 Å². The highest BCUT2D eigenvalue weighted by Gasteiger charge is 2.28. The third kappa shape index (κ3) is 3.52. The van der Waals surface area contributed by atoms with E-state index in [1.165, 1.54) is 0 Å². The number of amides is 1. The Bertz CT molecular complexity index is 705. The molecule has 0 aliphatic carbocycles. The van der Waals surface area contributed by atoms with Gasteiger partial charge in [0.1, 0.15) is 6.04 Å². The molecule has 2 aromatic rings. The lowest BCUT2D eigenvalue weighted by atomic mass is 10.0. The monoisotopic (exact) mass is 318 g/mol. The van der Waals surface area contributed by atoms with Crippen LogP contribution in [0.5, 0.6) is 0 Å². The van der Waals surface area contributed by atoms with Gasteiger partial charge in [0.25, 0.3) is 5.91 Å². The van der Waals surface area contributed by atoms with Gasteiger partial charge in [-0.05, 0) is 11.6 Å². The molecule has 1 aliphatic rings. The summed E-state index contributed by atoms with van der Waals surface area (Å²) in [5, 5.41) is 12.9. The van der Waals surface area contributed by atoms with Crippen molar-refractivity contribution >= 4 is 22.8 Å². The van der Waals surface area contributed by atoms with Crippen molar-refractivity contribution in [3.8, 4) is 0 Å². The van der Waals surface area contributed by atoms with Crippen LogP contribution in [0.25, 0.3) is 10.9 Å². The highest BCUT2D eigenvalue weighted by Crippen LogP contribution is 2.19. The molecule has 1 aromatic carbocycles. The van der Waals surface area contributed by atoms with Gasteiger partial charge in [-0.15, -0.1) is 0 Å². The molecule has 7 nitrogen and oxygen atoms in total. The van der Waals surface area contributed by atoms with Crippen molar-refractivity contribution in [1.82, 2.24) is 10.3 Å². The molecule has 2 atom stereocenters. The molecule has 23 heavy (non-hydrogen) atoms. The van der Waals surface area contributed by atoms with Crippen LogP contribution in [-0.4, -0.2) is 53.9 Å². The lowest BCUT2D eigenvalue weighted by Crippen LogP contribution is -2.50. The standard InChI is InChI=1S/C16H18N2O5/c19-15(14-9-22-5-6-23-14)18-13(16(20)21)7-10-8-17-12-4-2-1-3-11(10)12/h1-4,8,13-14,17H,5-7,9H2,(H,18,19)(H,20,21)/t13-,14+/m1/s1. The number of ether oxygens (including phenoxy) is 2. The van der Waals surface area contributed by atoms with Gasteiger partial charge in [0, 0.05) is 23.5 Å². The fourth-order valence-electron chi connectivity index (χ4n) is 2.62. The summed E-state index contributed by atoms with van der Waals surface area (Å²) in [6.45, 7) is 0.922. The molecular weight excluding hydrogens is 300 g/mol. The van der Waals surface area contributed by atoms with Crippen molar-refractivity contribution in [2.24, 2.45) is 0 Å². The molecule has 122 valence electrons. The van der Waals surface area contributed by atoms with E-state index >= 15 is 0 Å². The van der Waals surface area contributed by atoms with E-state index in [4.69, 9.17) is 9.47 Å². The van der Waals surface area contributed by atoms with Gasteiger partial charge in [0.15, 0.2) is 6.10 Å². The smallest absolute Gasteiger partial charge is 0.326 e. The number of nitrogens with one attached hydrogen (secondary N) is 2. The molecule has 1 fully saturated rings. The van der Waals surface area contributed by atoms with Crippen LogP contribution >= 0.6 is 0 Å². The third-order valence-electron chi connectivity index (χ3n) is 3.82. The molecule has 0 saturated carbocycles. The number of aromatic amines is 1. The molecule has 7 heteroatoms. The second kappa shape index (κ2) is 6.80. The molecule has 0 spiro atoms. The van der Waals surface area contributed by atoms with E-state index in [1.54, 1.807) is 6.20 Å². The normalized spacial score (nSPS) is 19.4. The quantitative estimate of drug-likeness (QED) is 0.753. The molecule has 0 radical (unpaired) electrons. The van der Waals surface area contributed by atoms with Gasteiger partial charge in [-0.3, -0.25) is 4.79 Å². The van der Waals surface area contributed by atoms with Crippen LogP contribution in [-0.2, 0) is 25.5 Å². The van der Waals surface area contributed by atoms with Crippen LogP contribution in [0, 0.1) is 0 Å². The number of fused-ring (bicyclic) bond motifs is 1. The zero-order valence-corrected chi connectivity index (χ0v) is 12.5. The maximum absolute atomic E-state index is 12.1. The molecule has 0 bridgehead atoms. The molecule has 3 rings (SSSR count). The van der Waals surface area contributed by atoms with E-state index in [1.807, 2.05) is 24.3 Å². The summed E-state index contributed by atoms with van der Waals surface area (Å²) < 4.78 is 10.5. The van der Waals surface area contributed by atoms with Crippen LogP contribution in [0.3, 0.4) is 0 Å².